The molecule has 1 fully saturated rings. The number of carbonyl (C=O) groups excluding carboxylic acids is 1. The van der Waals surface area contributed by atoms with E-state index in [2.05, 4.69) is 5.32 Å². The average molecular weight is 283 g/mol. The number of halogens is 1. The van der Waals surface area contributed by atoms with Crippen LogP contribution in [0.15, 0.2) is 24.3 Å². The van der Waals surface area contributed by atoms with Crippen LogP contribution in [0.4, 0.5) is 0 Å². The van der Waals surface area contributed by atoms with Crippen molar-refractivity contribution in [3.63, 3.8) is 0 Å². The molecule has 4 heteroatoms. The molecule has 1 aliphatic rings. The molecule has 0 bridgehead atoms. The van der Waals surface area contributed by atoms with Gasteiger partial charge in [0.05, 0.1) is 0 Å². The van der Waals surface area contributed by atoms with Gasteiger partial charge in [-0.1, -0.05) is 37.8 Å². The zero-order valence-corrected chi connectivity index (χ0v) is 12.0. The predicted molar refractivity (Wildman–Crippen MR) is 80.5 cm³/mol. The van der Waals surface area contributed by atoms with Gasteiger partial charge >= 0.3 is 0 Å². The summed E-state index contributed by atoms with van der Waals surface area (Å²) in [5.74, 6) is 0.849. The summed E-state index contributed by atoms with van der Waals surface area (Å²) in [4.78, 5) is 11.9. The monoisotopic (exact) mass is 282 g/mol. The summed E-state index contributed by atoms with van der Waals surface area (Å²) in [5.41, 5.74) is 7.30. The molecule has 0 spiro atoms. The Labute approximate surface area is 121 Å². The molecule has 0 unspecified atom stereocenters. The first-order valence-corrected chi connectivity index (χ1v) is 6.87. The fourth-order valence-corrected chi connectivity index (χ4v) is 2.58. The first kappa shape index (κ1) is 16.0. The summed E-state index contributed by atoms with van der Waals surface area (Å²) in [7, 11) is 0. The SMILES string of the molecule is Cl.NCc1ccc(C(=O)NCCC2CCCC2)cc1. The smallest absolute Gasteiger partial charge is 0.251 e. The molecule has 3 N–H and O–H groups in total. The maximum Gasteiger partial charge on any atom is 0.251 e. The van der Waals surface area contributed by atoms with Crippen molar-refractivity contribution in [2.75, 3.05) is 6.54 Å². The Morgan fingerprint density at radius 1 is 1.21 bits per heavy atom. The minimum absolute atomic E-state index is 0. The van der Waals surface area contributed by atoms with Crippen molar-refractivity contribution >= 4 is 18.3 Å². The van der Waals surface area contributed by atoms with Crippen molar-refractivity contribution in [2.45, 2.75) is 38.6 Å². The molecule has 0 aromatic heterocycles. The summed E-state index contributed by atoms with van der Waals surface area (Å²) in [6.45, 7) is 1.31. The van der Waals surface area contributed by atoms with Crippen LogP contribution in [0.25, 0.3) is 0 Å². The van der Waals surface area contributed by atoms with E-state index in [0.717, 1.165) is 30.0 Å². The van der Waals surface area contributed by atoms with Gasteiger partial charge < -0.3 is 11.1 Å². The van der Waals surface area contributed by atoms with Crippen molar-refractivity contribution in [2.24, 2.45) is 11.7 Å². The highest BCUT2D eigenvalue weighted by Crippen LogP contribution is 2.26. The molecule has 2 rings (SSSR count). The van der Waals surface area contributed by atoms with E-state index in [-0.39, 0.29) is 18.3 Å². The average Bonchev–Trinajstić information content (AvgIpc) is 2.92. The first-order chi connectivity index (χ1) is 8.79. The number of hydrogen-bond donors (Lipinski definition) is 2. The fraction of sp³-hybridized carbons (Fsp3) is 0.533. The maximum atomic E-state index is 11.9. The summed E-state index contributed by atoms with van der Waals surface area (Å²) in [6.07, 6.45) is 6.51. The van der Waals surface area contributed by atoms with Crippen molar-refractivity contribution in [3.8, 4) is 0 Å². The van der Waals surface area contributed by atoms with Crippen molar-refractivity contribution in [1.29, 1.82) is 0 Å². The number of hydrogen-bond acceptors (Lipinski definition) is 2. The van der Waals surface area contributed by atoms with Crippen LogP contribution in [0.1, 0.15) is 48.0 Å². The second-order valence-corrected chi connectivity index (χ2v) is 5.10. The Balaban J connectivity index is 0.00000180. The Kier molecular flexibility index (Phi) is 6.89. The number of nitrogens with one attached hydrogen (secondary N) is 1. The van der Waals surface area contributed by atoms with Gasteiger partial charge in [-0.2, -0.15) is 0 Å². The van der Waals surface area contributed by atoms with Crippen LogP contribution in [0.2, 0.25) is 0 Å². The fourth-order valence-electron chi connectivity index (χ4n) is 2.58. The lowest BCUT2D eigenvalue weighted by Crippen LogP contribution is -2.25. The van der Waals surface area contributed by atoms with Gasteiger partial charge in [-0.3, -0.25) is 4.79 Å². The van der Waals surface area contributed by atoms with E-state index < -0.39 is 0 Å². The Morgan fingerprint density at radius 3 is 2.42 bits per heavy atom. The zero-order chi connectivity index (χ0) is 12.8. The van der Waals surface area contributed by atoms with E-state index in [1.54, 1.807) is 0 Å². The first-order valence-electron chi connectivity index (χ1n) is 6.87. The minimum Gasteiger partial charge on any atom is -0.352 e. The Morgan fingerprint density at radius 2 is 1.84 bits per heavy atom. The molecule has 0 saturated heterocycles. The van der Waals surface area contributed by atoms with Crippen LogP contribution in [0.5, 0.6) is 0 Å². The van der Waals surface area contributed by atoms with Crippen LogP contribution >= 0.6 is 12.4 Å². The van der Waals surface area contributed by atoms with Gasteiger partial charge in [0, 0.05) is 18.7 Å². The van der Waals surface area contributed by atoms with Crippen molar-refractivity contribution in [1.82, 2.24) is 5.32 Å². The third kappa shape index (κ3) is 4.84. The Bertz CT molecular complexity index is 386. The van der Waals surface area contributed by atoms with Gasteiger partial charge in [0.2, 0.25) is 0 Å². The number of benzene rings is 1. The van der Waals surface area contributed by atoms with Crippen molar-refractivity contribution < 1.29 is 4.79 Å². The van der Waals surface area contributed by atoms with Gasteiger partial charge in [0.15, 0.2) is 0 Å². The lowest BCUT2D eigenvalue weighted by atomic mass is 10.0. The third-order valence-electron chi connectivity index (χ3n) is 3.76. The molecule has 106 valence electrons. The van der Waals surface area contributed by atoms with Crippen LogP contribution in [-0.2, 0) is 6.54 Å². The van der Waals surface area contributed by atoms with Gasteiger partial charge in [-0.05, 0) is 30.0 Å². The van der Waals surface area contributed by atoms with E-state index in [1.165, 1.54) is 25.7 Å². The zero-order valence-electron chi connectivity index (χ0n) is 11.2. The molecule has 0 atom stereocenters. The molecule has 1 amide bonds. The highest BCUT2D eigenvalue weighted by atomic mass is 35.5. The van der Waals surface area contributed by atoms with E-state index >= 15 is 0 Å². The summed E-state index contributed by atoms with van der Waals surface area (Å²) in [5, 5.41) is 2.99. The third-order valence-corrected chi connectivity index (χ3v) is 3.76. The molecule has 0 radical (unpaired) electrons. The topological polar surface area (TPSA) is 55.1 Å². The van der Waals surface area contributed by atoms with Crippen LogP contribution in [0.3, 0.4) is 0 Å². The van der Waals surface area contributed by atoms with E-state index in [0.29, 0.717) is 6.54 Å². The Hall–Kier alpha value is -1.06. The number of nitrogens with two attached hydrogens (primary N) is 1. The maximum absolute atomic E-state index is 11.9. The summed E-state index contributed by atoms with van der Waals surface area (Å²) >= 11 is 0. The van der Waals surface area contributed by atoms with Crippen LogP contribution < -0.4 is 11.1 Å². The summed E-state index contributed by atoms with van der Waals surface area (Å²) < 4.78 is 0. The van der Waals surface area contributed by atoms with Gasteiger partial charge in [-0.15, -0.1) is 12.4 Å². The number of rotatable bonds is 5. The standard InChI is InChI=1S/C15H22N2O.ClH/c16-11-13-5-7-14(8-6-13)15(18)17-10-9-12-3-1-2-4-12;/h5-8,12H,1-4,9-11,16H2,(H,17,18);1H. The van der Waals surface area contributed by atoms with E-state index in [1.807, 2.05) is 24.3 Å². The lowest BCUT2D eigenvalue weighted by molar-refractivity contribution is 0.0951. The van der Waals surface area contributed by atoms with E-state index in [4.69, 9.17) is 5.73 Å². The van der Waals surface area contributed by atoms with Gasteiger partial charge in [0.25, 0.3) is 5.91 Å². The normalized spacial score (nSPS) is 15.0. The van der Waals surface area contributed by atoms with Crippen LogP contribution in [0, 0.1) is 5.92 Å². The molecule has 19 heavy (non-hydrogen) atoms. The quantitative estimate of drug-likeness (QED) is 0.872. The minimum atomic E-state index is 0. The van der Waals surface area contributed by atoms with Gasteiger partial charge in [0.1, 0.15) is 0 Å². The molecule has 1 saturated carbocycles. The molecule has 3 nitrogen and oxygen atoms in total. The summed E-state index contributed by atoms with van der Waals surface area (Å²) in [6, 6.07) is 7.50. The number of amides is 1. The van der Waals surface area contributed by atoms with Gasteiger partial charge in [-0.25, -0.2) is 0 Å². The molecule has 0 heterocycles. The molecule has 1 aliphatic carbocycles. The van der Waals surface area contributed by atoms with Crippen molar-refractivity contribution in [3.05, 3.63) is 35.4 Å². The van der Waals surface area contributed by atoms with Crippen LogP contribution in [-0.4, -0.2) is 12.5 Å². The lowest BCUT2D eigenvalue weighted by Gasteiger charge is -2.10. The second-order valence-electron chi connectivity index (χ2n) is 5.10. The predicted octanol–water partition coefficient (Wildman–Crippen LogP) is 2.88. The largest absolute Gasteiger partial charge is 0.352 e. The van der Waals surface area contributed by atoms with E-state index in [9.17, 15) is 4.79 Å². The number of carbonyl (C=O) groups is 1. The molecular formula is C15H23ClN2O. The molecular weight excluding hydrogens is 260 g/mol. The molecule has 1 aromatic rings. The molecule has 0 aliphatic heterocycles. The second kappa shape index (κ2) is 8.18. The molecule has 1 aromatic carbocycles. The highest BCUT2D eigenvalue weighted by molar-refractivity contribution is 5.94. The highest BCUT2D eigenvalue weighted by Gasteiger charge is 2.14.